The summed E-state index contributed by atoms with van der Waals surface area (Å²) < 4.78 is 2.08. The molecule has 1 N–H and O–H groups in total. The molecule has 1 aromatic heterocycles. The minimum Gasteiger partial charge on any atom is -0.481 e. The molecule has 18 heavy (non-hydrogen) atoms. The highest BCUT2D eigenvalue weighted by Gasteiger charge is 2.17. The molecule has 0 aliphatic carbocycles. The van der Waals surface area contributed by atoms with Gasteiger partial charge in [0.25, 0.3) is 0 Å². The van der Waals surface area contributed by atoms with Crippen LogP contribution in [0.2, 0.25) is 5.02 Å². The molecule has 6 heteroatoms. The number of hydrogen-bond acceptors (Lipinski definition) is 2. The largest absolute Gasteiger partial charge is 0.481 e. The van der Waals surface area contributed by atoms with Gasteiger partial charge in [0, 0.05) is 23.0 Å². The average Bonchev–Trinajstić information content (AvgIpc) is 2.62. The Morgan fingerprint density at radius 2 is 2.11 bits per heavy atom. The van der Waals surface area contributed by atoms with Crippen LogP contribution in [0.25, 0.3) is 10.9 Å². The van der Waals surface area contributed by atoms with E-state index < -0.39 is 5.97 Å². The molecule has 94 valence electrons. The minimum atomic E-state index is -0.964. The molecule has 0 radical (unpaired) electrons. The Balaban J connectivity index is 2.81. The molecule has 1 aromatic carbocycles. The number of halogens is 2. The summed E-state index contributed by atoms with van der Waals surface area (Å²) >= 11 is 9.46. The van der Waals surface area contributed by atoms with Gasteiger partial charge in [-0.1, -0.05) is 11.6 Å². The second-order valence-corrected chi connectivity index (χ2v) is 5.10. The summed E-state index contributed by atoms with van der Waals surface area (Å²) in [4.78, 5) is 22.4. The Morgan fingerprint density at radius 3 is 2.67 bits per heavy atom. The van der Waals surface area contributed by atoms with Gasteiger partial charge in [-0.2, -0.15) is 0 Å². The van der Waals surface area contributed by atoms with Crippen molar-refractivity contribution in [1.82, 2.24) is 4.57 Å². The van der Waals surface area contributed by atoms with Crippen molar-refractivity contribution in [1.29, 1.82) is 0 Å². The topological polar surface area (TPSA) is 59.3 Å². The third-order valence-corrected chi connectivity index (χ3v) is 3.90. The van der Waals surface area contributed by atoms with E-state index in [0.29, 0.717) is 26.0 Å². The van der Waals surface area contributed by atoms with E-state index in [1.807, 2.05) is 0 Å². The number of nitrogens with zero attached hydrogens (tertiary/aromatic N) is 1. The number of carbonyl (C=O) groups excluding carboxylic acids is 1. The number of carboxylic acids is 1. The standard InChI is InChI=1S/C12H9BrClNO3/c1-6(16)15-5-7(4-10(17)18)11-9(15)3-2-8(13)12(11)14/h2-3,5H,4H2,1H3,(H,17,18). The molecule has 0 fully saturated rings. The molecule has 2 rings (SSSR count). The molecule has 0 aliphatic rings. The first-order chi connectivity index (χ1) is 8.41. The fourth-order valence-corrected chi connectivity index (χ4v) is 2.51. The van der Waals surface area contributed by atoms with E-state index in [0.717, 1.165) is 0 Å². The summed E-state index contributed by atoms with van der Waals surface area (Å²) in [5.74, 6) is -1.15. The lowest BCUT2D eigenvalue weighted by Crippen LogP contribution is -2.03. The van der Waals surface area contributed by atoms with E-state index in [4.69, 9.17) is 16.7 Å². The van der Waals surface area contributed by atoms with E-state index in [9.17, 15) is 9.59 Å². The average molecular weight is 331 g/mol. The van der Waals surface area contributed by atoms with E-state index in [1.54, 1.807) is 12.1 Å². The van der Waals surface area contributed by atoms with Crippen molar-refractivity contribution in [3.8, 4) is 0 Å². The highest BCUT2D eigenvalue weighted by molar-refractivity contribution is 9.10. The molecule has 0 aliphatic heterocycles. The SMILES string of the molecule is CC(=O)n1cc(CC(=O)O)c2c(Cl)c(Br)ccc21. The third kappa shape index (κ3) is 2.15. The molecule has 4 nitrogen and oxygen atoms in total. The second kappa shape index (κ2) is 4.74. The predicted octanol–water partition coefficient (Wildman–Crippen LogP) is 3.34. The number of rotatable bonds is 2. The van der Waals surface area contributed by atoms with Gasteiger partial charge in [-0.3, -0.25) is 14.2 Å². The van der Waals surface area contributed by atoms with Crippen LogP contribution in [0.4, 0.5) is 0 Å². The molecular formula is C12H9BrClNO3. The zero-order valence-electron chi connectivity index (χ0n) is 9.41. The zero-order valence-corrected chi connectivity index (χ0v) is 11.7. The Hall–Kier alpha value is -1.33. The number of carboxylic acid groups (broad SMARTS) is 1. The molecule has 0 saturated heterocycles. The lowest BCUT2D eigenvalue weighted by Gasteiger charge is -2.02. The number of aromatic nitrogens is 1. The van der Waals surface area contributed by atoms with Crippen LogP contribution >= 0.6 is 27.5 Å². The molecule has 1 heterocycles. The van der Waals surface area contributed by atoms with Crippen LogP contribution < -0.4 is 0 Å². The number of aliphatic carboxylic acids is 1. The highest BCUT2D eigenvalue weighted by atomic mass is 79.9. The maximum absolute atomic E-state index is 11.5. The van der Waals surface area contributed by atoms with Gasteiger partial charge in [0.2, 0.25) is 5.91 Å². The molecule has 0 atom stereocenters. The maximum atomic E-state index is 11.5. The quantitative estimate of drug-likeness (QED) is 0.918. The Morgan fingerprint density at radius 1 is 1.44 bits per heavy atom. The Kier molecular flexibility index (Phi) is 3.45. The fourth-order valence-electron chi connectivity index (χ4n) is 1.89. The van der Waals surface area contributed by atoms with Gasteiger partial charge >= 0.3 is 5.97 Å². The summed E-state index contributed by atoms with van der Waals surface area (Å²) in [7, 11) is 0. The summed E-state index contributed by atoms with van der Waals surface area (Å²) in [6.45, 7) is 1.42. The number of hydrogen-bond donors (Lipinski definition) is 1. The number of benzene rings is 1. The predicted molar refractivity (Wildman–Crippen MR) is 72.3 cm³/mol. The fraction of sp³-hybridized carbons (Fsp3) is 0.167. The van der Waals surface area contributed by atoms with Crippen LogP contribution in [0.15, 0.2) is 22.8 Å². The van der Waals surface area contributed by atoms with Crippen molar-refractivity contribution < 1.29 is 14.7 Å². The highest BCUT2D eigenvalue weighted by Crippen LogP contribution is 2.34. The molecule has 0 amide bonds. The first-order valence-corrected chi connectivity index (χ1v) is 6.29. The summed E-state index contributed by atoms with van der Waals surface area (Å²) in [5, 5.41) is 9.91. The maximum Gasteiger partial charge on any atom is 0.307 e. The zero-order chi connectivity index (χ0) is 13.4. The first-order valence-electron chi connectivity index (χ1n) is 5.12. The lowest BCUT2D eigenvalue weighted by molar-refractivity contribution is -0.136. The third-order valence-electron chi connectivity index (χ3n) is 2.62. The Bertz CT molecular complexity index is 663. The first kappa shape index (κ1) is 13.1. The van der Waals surface area contributed by atoms with Crippen LogP contribution in [0.5, 0.6) is 0 Å². The van der Waals surface area contributed by atoms with E-state index >= 15 is 0 Å². The summed E-state index contributed by atoms with van der Waals surface area (Å²) in [6.07, 6.45) is 1.35. The molecule has 2 aromatic rings. The van der Waals surface area contributed by atoms with Gasteiger partial charge in [-0.05, 0) is 33.6 Å². The van der Waals surface area contributed by atoms with Gasteiger partial charge in [0.15, 0.2) is 0 Å². The van der Waals surface area contributed by atoms with Gasteiger partial charge in [-0.15, -0.1) is 0 Å². The van der Waals surface area contributed by atoms with Crippen LogP contribution in [0, 0.1) is 0 Å². The number of fused-ring (bicyclic) bond motifs is 1. The molecule has 0 spiro atoms. The van der Waals surface area contributed by atoms with E-state index in [2.05, 4.69) is 15.9 Å². The monoisotopic (exact) mass is 329 g/mol. The Labute approximate surface area is 116 Å². The van der Waals surface area contributed by atoms with Crippen molar-refractivity contribution >= 4 is 50.3 Å². The van der Waals surface area contributed by atoms with Crippen LogP contribution in [0.3, 0.4) is 0 Å². The molecular weight excluding hydrogens is 321 g/mol. The summed E-state index contributed by atoms with van der Waals surface area (Å²) in [5.41, 5.74) is 1.14. The van der Waals surface area contributed by atoms with E-state index in [-0.39, 0.29) is 12.3 Å². The van der Waals surface area contributed by atoms with Crippen LogP contribution in [0.1, 0.15) is 17.3 Å². The number of carbonyl (C=O) groups is 2. The molecule has 0 bridgehead atoms. The van der Waals surface area contributed by atoms with Crippen molar-refractivity contribution in [2.75, 3.05) is 0 Å². The van der Waals surface area contributed by atoms with E-state index in [1.165, 1.54) is 17.7 Å². The second-order valence-electron chi connectivity index (χ2n) is 3.87. The van der Waals surface area contributed by atoms with Crippen LogP contribution in [-0.4, -0.2) is 21.6 Å². The van der Waals surface area contributed by atoms with Crippen molar-refractivity contribution in [2.24, 2.45) is 0 Å². The van der Waals surface area contributed by atoms with Crippen molar-refractivity contribution in [3.63, 3.8) is 0 Å². The van der Waals surface area contributed by atoms with Crippen molar-refractivity contribution in [2.45, 2.75) is 13.3 Å². The van der Waals surface area contributed by atoms with Gasteiger partial charge in [0.1, 0.15) is 0 Å². The molecule has 0 unspecified atom stereocenters. The minimum absolute atomic E-state index is 0.174. The van der Waals surface area contributed by atoms with Gasteiger partial charge in [0.05, 0.1) is 17.0 Å². The smallest absolute Gasteiger partial charge is 0.307 e. The lowest BCUT2D eigenvalue weighted by atomic mass is 10.1. The van der Waals surface area contributed by atoms with Gasteiger partial charge < -0.3 is 5.11 Å². The van der Waals surface area contributed by atoms with Gasteiger partial charge in [-0.25, -0.2) is 0 Å². The van der Waals surface area contributed by atoms with Crippen molar-refractivity contribution in [3.05, 3.63) is 33.4 Å². The summed E-state index contributed by atoms with van der Waals surface area (Å²) in [6, 6.07) is 3.46. The molecule has 0 saturated carbocycles. The normalized spacial score (nSPS) is 10.8. The van der Waals surface area contributed by atoms with Crippen LogP contribution in [-0.2, 0) is 11.2 Å².